The zero-order valence-corrected chi connectivity index (χ0v) is 20.8. The lowest BCUT2D eigenvalue weighted by Crippen LogP contribution is -2.46. The van der Waals surface area contributed by atoms with Crippen molar-refractivity contribution in [1.29, 1.82) is 5.26 Å². The summed E-state index contributed by atoms with van der Waals surface area (Å²) in [7, 11) is 0. The minimum Gasteiger partial charge on any atom is -0.382 e. The molecule has 4 aliphatic rings. The Balaban J connectivity index is 1.13. The van der Waals surface area contributed by atoms with Crippen LogP contribution in [0.3, 0.4) is 0 Å². The van der Waals surface area contributed by atoms with Crippen LogP contribution in [-0.2, 0) is 9.59 Å². The molecule has 0 bridgehead atoms. The fraction of sp³-hybridized carbons (Fsp3) is 0.355. The van der Waals surface area contributed by atoms with Crippen molar-refractivity contribution in [3.63, 3.8) is 0 Å². The van der Waals surface area contributed by atoms with Gasteiger partial charge in [-0.2, -0.15) is 5.26 Å². The van der Waals surface area contributed by atoms with Gasteiger partial charge in [-0.05, 0) is 96.7 Å². The lowest BCUT2D eigenvalue weighted by Gasteiger charge is -2.38. The van der Waals surface area contributed by atoms with Gasteiger partial charge in [-0.25, -0.2) is 4.39 Å². The molecule has 3 aromatic rings. The summed E-state index contributed by atoms with van der Waals surface area (Å²) < 4.78 is 15.6. The van der Waals surface area contributed by atoms with Crippen molar-refractivity contribution in [3.05, 3.63) is 71.5 Å². The number of Topliss-reactive ketones (excluding diaryl/α,β-unsaturated/α-hetero) is 1. The highest BCUT2D eigenvalue weighted by Gasteiger charge is 2.58. The van der Waals surface area contributed by atoms with Gasteiger partial charge >= 0.3 is 0 Å². The summed E-state index contributed by atoms with van der Waals surface area (Å²) in [6.45, 7) is 0.415. The standard InChI is InChI=1S/C31H26FN3O3/c32-26-15-23(22-4-3-20-11-18(16-33)1-2-21(20)14-22)5-6-25(26)28-34-30(7-8-30)29(37)35(28)17-19-12-24(13-19)27(36)31(38)9-10-31/h1-6,11,14-15,19,24,38H,7-10,12-13,17H2. The largest absolute Gasteiger partial charge is 0.382 e. The van der Waals surface area contributed by atoms with Gasteiger partial charge in [-0.1, -0.05) is 24.3 Å². The van der Waals surface area contributed by atoms with Crippen LogP contribution in [0.2, 0.25) is 0 Å². The molecule has 1 spiro atoms. The van der Waals surface area contributed by atoms with Crippen molar-refractivity contribution in [2.75, 3.05) is 6.54 Å². The minimum absolute atomic E-state index is 0.0603. The normalized spacial score (nSPS) is 24.2. The summed E-state index contributed by atoms with van der Waals surface area (Å²) >= 11 is 0. The van der Waals surface area contributed by atoms with Crippen LogP contribution in [0.4, 0.5) is 4.39 Å². The molecule has 3 aromatic carbocycles. The van der Waals surface area contributed by atoms with Crippen LogP contribution in [0.5, 0.6) is 0 Å². The summed E-state index contributed by atoms with van der Waals surface area (Å²) in [6, 6.07) is 18.5. The number of rotatable bonds is 6. The molecule has 0 unspecified atom stereocenters. The van der Waals surface area contributed by atoms with E-state index in [9.17, 15) is 14.7 Å². The zero-order chi connectivity index (χ0) is 26.2. The molecule has 0 saturated heterocycles. The third kappa shape index (κ3) is 3.66. The minimum atomic E-state index is -1.11. The predicted molar refractivity (Wildman–Crippen MR) is 140 cm³/mol. The van der Waals surface area contributed by atoms with E-state index >= 15 is 4.39 Å². The summed E-state index contributed by atoms with van der Waals surface area (Å²) in [5.41, 5.74) is 0.616. The van der Waals surface area contributed by atoms with Crippen LogP contribution in [0, 0.1) is 29.0 Å². The Morgan fingerprint density at radius 3 is 2.39 bits per heavy atom. The van der Waals surface area contributed by atoms with Gasteiger partial charge in [-0.3, -0.25) is 19.5 Å². The van der Waals surface area contributed by atoms with E-state index in [-0.39, 0.29) is 23.5 Å². The summed E-state index contributed by atoms with van der Waals surface area (Å²) in [6.07, 6.45) is 3.74. The van der Waals surface area contributed by atoms with Crippen LogP contribution in [-0.4, -0.2) is 45.2 Å². The van der Waals surface area contributed by atoms with Crippen molar-refractivity contribution in [1.82, 2.24) is 4.90 Å². The van der Waals surface area contributed by atoms with E-state index in [1.807, 2.05) is 36.4 Å². The number of aliphatic hydroxyl groups is 1. The van der Waals surface area contributed by atoms with Gasteiger partial charge in [0.2, 0.25) is 0 Å². The van der Waals surface area contributed by atoms with Crippen LogP contribution in [0.1, 0.15) is 49.7 Å². The summed E-state index contributed by atoms with van der Waals surface area (Å²) in [4.78, 5) is 32.0. The third-order valence-corrected chi connectivity index (χ3v) is 8.68. The van der Waals surface area contributed by atoms with E-state index in [2.05, 4.69) is 6.07 Å². The van der Waals surface area contributed by atoms with Crippen molar-refractivity contribution >= 4 is 28.3 Å². The van der Waals surface area contributed by atoms with Crippen molar-refractivity contribution in [3.8, 4) is 17.2 Å². The smallest absolute Gasteiger partial charge is 0.256 e. The number of nitriles is 1. The number of hydrogen-bond acceptors (Lipinski definition) is 5. The topological polar surface area (TPSA) is 93.8 Å². The Morgan fingerprint density at radius 2 is 1.71 bits per heavy atom. The maximum atomic E-state index is 15.6. The first-order chi connectivity index (χ1) is 18.3. The molecule has 3 saturated carbocycles. The van der Waals surface area contributed by atoms with E-state index in [0.717, 1.165) is 16.3 Å². The number of aliphatic imine (C=N–C) groups is 1. The van der Waals surface area contributed by atoms with Gasteiger partial charge in [0.1, 0.15) is 22.8 Å². The average Bonchev–Trinajstić information content (AvgIpc) is 3.82. The number of halogens is 1. The number of nitrogens with zero attached hydrogens (tertiary/aromatic N) is 3. The molecule has 0 radical (unpaired) electrons. The highest BCUT2D eigenvalue weighted by Crippen LogP contribution is 2.49. The average molecular weight is 508 g/mol. The predicted octanol–water partition coefficient (Wildman–Crippen LogP) is 4.76. The second-order valence-corrected chi connectivity index (χ2v) is 11.4. The molecule has 6 nitrogen and oxygen atoms in total. The third-order valence-electron chi connectivity index (χ3n) is 8.68. The second kappa shape index (κ2) is 8.05. The maximum Gasteiger partial charge on any atom is 0.256 e. The molecular formula is C31H26FN3O3. The van der Waals surface area contributed by atoms with Crippen LogP contribution in [0.25, 0.3) is 21.9 Å². The van der Waals surface area contributed by atoms with Crippen LogP contribution >= 0.6 is 0 Å². The van der Waals surface area contributed by atoms with E-state index in [4.69, 9.17) is 10.3 Å². The molecule has 0 aromatic heterocycles. The van der Waals surface area contributed by atoms with E-state index in [0.29, 0.717) is 67.6 Å². The van der Waals surface area contributed by atoms with E-state index in [1.165, 1.54) is 6.07 Å². The van der Waals surface area contributed by atoms with Crippen molar-refractivity contribution in [2.45, 2.75) is 49.7 Å². The molecule has 7 heteroatoms. The number of benzene rings is 3. The van der Waals surface area contributed by atoms with Gasteiger partial charge in [-0.15, -0.1) is 0 Å². The number of amides is 1. The number of hydrogen-bond donors (Lipinski definition) is 1. The molecular weight excluding hydrogens is 481 g/mol. The second-order valence-electron chi connectivity index (χ2n) is 11.4. The van der Waals surface area contributed by atoms with Gasteiger partial charge in [0, 0.05) is 12.5 Å². The molecule has 1 heterocycles. The first kappa shape index (κ1) is 23.2. The Bertz CT molecular complexity index is 1610. The van der Waals surface area contributed by atoms with Gasteiger partial charge < -0.3 is 5.11 Å². The Hall–Kier alpha value is -3.89. The Morgan fingerprint density at radius 1 is 1.03 bits per heavy atom. The van der Waals surface area contributed by atoms with Crippen LogP contribution < -0.4 is 0 Å². The SMILES string of the molecule is N#Cc1ccc2cc(-c3ccc(C4=NC5(CC5)C(=O)N4CC4CC(C(=O)C5(O)CC5)C4)c(F)c3)ccc2c1. The van der Waals surface area contributed by atoms with Gasteiger partial charge in [0.25, 0.3) is 5.91 Å². The number of amidine groups is 1. The molecule has 1 aliphatic heterocycles. The molecule has 0 atom stereocenters. The summed E-state index contributed by atoms with van der Waals surface area (Å²) in [5, 5.41) is 21.2. The number of carbonyl (C=O) groups excluding carboxylic acids is 2. The first-order valence-corrected chi connectivity index (χ1v) is 13.2. The maximum absolute atomic E-state index is 15.6. The van der Waals surface area contributed by atoms with Gasteiger partial charge in [0.05, 0.1) is 17.2 Å². The van der Waals surface area contributed by atoms with E-state index in [1.54, 1.807) is 17.0 Å². The lowest BCUT2D eigenvalue weighted by molar-refractivity contribution is -0.138. The molecule has 1 amide bonds. The highest BCUT2D eigenvalue weighted by atomic mass is 19.1. The van der Waals surface area contributed by atoms with Crippen molar-refractivity contribution in [2.24, 2.45) is 16.8 Å². The summed E-state index contributed by atoms with van der Waals surface area (Å²) in [5.74, 6) is -0.197. The quantitative estimate of drug-likeness (QED) is 0.521. The molecule has 3 aliphatic carbocycles. The number of fused-ring (bicyclic) bond motifs is 1. The molecule has 7 rings (SSSR count). The fourth-order valence-electron chi connectivity index (χ4n) is 5.95. The number of carbonyl (C=O) groups is 2. The Kier molecular flexibility index (Phi) is 4.93. The number of ketones is 1. The molecule has 38 heavy (non-hydrogen) atoms. The molecule has 190 valence electrons. The molecule has 1 N–H and O–H groups in total. The van der Waals surface area contributed by atoms with Crippen molar-refractivity contribution < 1.29 is 19.1 Å². The highest BCUT2D eigenvalue weighted by molar-refractivity contribution is 6.16. The van der Waals surface area contributed by atoms with Gasteiger partial charge in [0.15, 0.2) is 5.78 Å². The van der Waals surface area contributed by atoms with Crippen LogP contribution in [0.15, 0.2) is 59.6 Å². The monoisotopic (exact) mass is 507 g/mol. The van der Waals surface area contributed by atoms with E-state index < -0.39 is 17.0 Å². The molecule has 3 fully saturated rings. The fourth-order valence-corrected chi connectivity index (χ4v) is 5.95. The first-order valence-electron chi connectivity index (χ1n) is 13.2. The lowest BCUT2D eigenvalue weighted by atomic mass is 9.71. The Labute approximate surface area is 219 Å². The zero-order valence-electron chi connectivity index (χ0n) is 20.8.